The van der Waals surface area contributed by atoms with Gasteiger partial charge in [0.2, 0.25) is 0 Å². The summed E-state index contributed by atoms with van der Waals surface area (Å²) < 4.78 is 46.0. The molecular weight excluding hydrogens is 333 g/mol. The minimum atomic E-state index is -5.08. The molecule has 0 aromatic rings. The van der Waals surface area contributed by atoms with Crippen LogP contribution in [-0.2, 0) is 19.1 Å². The minimum Gasteiger partial charge on any atom is -0.467 e. The van der Waals surface area contributed by atoms with Crippen LogP contribution >= 0.6 is 0 Å². The van der Waals surface area contributed by atoms with Gasteiger partial charge in [0.05, 0.1) is 7.11 Å². The molecule has 0 aliphatic heterocycles. The number of methoxy groups -OCH3 is 1. The molecule has 24 heavy (non-hydrogen) atoms. The van der Waals surface area contributed by atoms with Crippen LogP contribution in [0.1, 0.15) is 40.0 Å². The lowest BCUT2D eigenvalue weighted by Gasteiger charge is -2.20. The fraction of sp³-hybridized carbons (Fsp3) is 0.786. The summed E-state index contributed by atoms with van der Waals surface area (Å²) in [6.07, 6.45) is -5.07. The van der Waals surface area contributed by atoms with Gasteiger partial charge in [-0.15, -0.1) is 0 Å². The number of hydrogen-bond donors (Lipinski definition) is 2. The fourth-order valence-corrected chi connectivity index (χ4v) is 1.61. The van der Waals surface area contributed by atoms with Crippen LogP contribution < -0.4 is 10.6 Å². The van der Waals surface area contributed by atoms with Gasteiger partial charge in [-0.1, -0.05) is 0 Å². The molecule has 0 radical (unpaired) electrons. The highest BCUT2D eigenvalue weighted by atomic mass is 19.4. The molecule has 0 aromatic heterocycles. The van der Waals surface area contributed by atoms with Crippen LogP contribution in [0, 0.1) is 0 Å². The Kier molecular flexibility index (Phi) is 8.56. The van der Waals surface area contributed by atoms with Gasteiger partial charge in [-0.2, -0.15) is 13.2 Å². The standard InChI is InChI=1S/C14H23F3N2O5/c1-13(2,3)24-12(22)18-8-6-5-7-9(10(20)23-4)19-11(21)14(15,16)17/h9H,5-8H2,1-4H3,(H,18,22)(H,19,21)/t9-/m0/s1. The van der Waals surface area contributed by atoms with Gasteiger partial charge in [0.1, 0.15) is 11.6 Å². The van der Waals surface area contributed by atoms with Gasteiger partial charge in [0.15, 0.2) is 0 Å². The van der Waals surface area contributed by atoms with Crippen molar-refractivity contribution in [2.75, 3.05) is 13.7 Å². The maximum Gasteiger partial charge on any atom is 0.471 e. The second kappa shape index (κ2) is 9.33. The lowest BCUT2D eigenvalue weighted by Crippen LogP contribution is -2.47. The largest absolute Gasteiger partial charge is 0.471 e. The van der Waals surface area contributed by atoms with Crippen LogP contribution in [0.15, 0.2) is 0 Å². The first kappa shape index (κ1) is 22.0. The number of halogens is 3. The smallest absolute Gasteiger partial charge is 0.467 e. The minimum absolute atomic E-state index is 0.0511. The maximum atomic E-state index is 12.2. The summed E-state index contributed by atoms with van der Waals surface area (Å²) in [5, 5.41) is 4.06. The molecular formula is C14H23F3N2O5. The van der Waals surface area contributed by atoms with Gasteiger partial charge in [-0.05, 0) is 40.0 Å². The first-order valence-corrected chi connectivity index (χ1v) is 7.29. The number of esters is 1. The zero-order chi connectivity index (χ0) is 19.0. The van der Waals surface area contributed by atoms with Crippen molar-refractivity contribution in [2.45, 2.75) is 57.9 Å². The highest BCUT2D eigenvalue weighted by molar-refractivity contribution is 5.87. The van der Waals surface area contributed by atoms with E-state index in [2.05, 4.69) is 10.1 Å². The Bertz CT molecular complexity index is 447. The molecule has 1 atom stereocenters. The van der Waals surface area contributed by atoms with Crippen molar-refractivity contribution in [1.29, 1.82) is 0 Å². The SMILES string of the molecule is COC(=O)[C@H](CCCCNC(=O)OC(C)(C)C)NC(=O)C(F)(F)F. The van der Waals surface area contributed by atoms with Gasteiger partial charge in [0.25, 0.3) is 0 Å². The predicted molar refractivity (Wildman–Crippen MR) is 78.1 cm³/mol. The molecule has 10 heteroatoms. The van der Waals surface area contributed by atoms with E-state index in [1.165, 1.54) is 0 Å². The van der Waals surface area contributed by atoms with E-state index in [4.69, 9.17) is 4.74 Å². The maximum absolute atomic E-state index is 12.2. The Morgan fingerprint density at radius 3 is 2.12 bits per heavy atom. The number of ether oxygens (including phenoxy) is 2. The molecule has 0 fully saturated rings. The molecule has 0 aliphatic carbocycles. The summed E-state index contributed by atoms with van der Waals surface area (Å²) in [7, 11) is 1.01. The lowest BCUT2D eigenvalue weighted by molar-refractivity contribution is -0.175. The van der Waals surface area contributed by atoms with Crippen LogP contribution in [-0.4, -0.2) is 49.4 Å². The molecule has 2 amide bonds. The number of alkyl carbamates (subject to hydrolysis) is 1. The fourth-order valence-electron chi connectivity index (χ4n) is 1.61. The molecule has 0 bridgehead atoms. The zero-order valence-electron chi connectivity index (χ0n) is 14.1. The molecule has 0 aromatic carbocycles. The number of carbonyl (C=O) groups excluding carboxylic acids is 3. The van der Waals surface area contributed by atoms with Crippen LogP contribution in [0.5, 0.6) is 0 Å². The van der Waals surface area contributed by atoms with Crippen LogP contribution in [0.25, 0.3) is 0 Å². The van der Waals surface area contributed by atoms with E-state index in [1.54, 1.807) is 26.1 Å². The van der Waals surface area contributed by atoms with E-state index in [-0.39, 0.29) is 19.4 Å². The number of rotatable bonds is 7. The molecule has 140 valence electrons. The van der Waals surface area contributed by atoms with Gasteiger partial charge in [0, 0.05) is 6.54 Å². The lowest BCUT2D eigenvalue weighted by atomic mass is 10.1. The van der Waals surface area contributed by atoms with Gasteiger partial charge < -0.3 is 20.1 Å². The number of carbonyl (C=O) groups is 3. The summed E-state index contributed by atoms with van der Waals surface area (Å²) in [5.74, 6) is -3.17. The third-order valence-corrected chi connectivity index (χ3v) is 2.64. The van der Waals surface area contributed by atoms with Crippen LogP contribution in [0.3, 0.4) is 0 Å². The van der Waals surface area contributed by atoms with E-state index in [0.717, 1.165) is 7.11 Å². The molecule has 0 saturated heterocycles. The van der Waals surface area contributed by atoms with Crippen molar-refractivity contribution >= 4 is 18.0 Å². The van der Waals surface area contributed by atoms with Gasteiger partial charge in [-0.25, -0.2) is 9.59 Å². The number of amides is 2. The number of nitrogens with one attached hydrogen (secondary N) is 2. The van der Waals surface area contributed by atoms with Gasteiger partial charge >= 0.3 is 24.1 Å². The topological polar surface area (TPSA) is 93.7 Å². The monoisotopic (exact) mass is 356 g/mol. The molecule has 0 saturated carbocycles. The zero-order valence-corrected chi connectivity index (χ0v) is 14.1. The Morgan fingerprint density at radius 1 is 1.08 bits per heavy atom. The summed E-state index contributed by atoms with van der Waals surface area (Å²) >= 11 is 0. The Labute approximate surface area is 138 Å². The summed E-state index contributed by atoms with van der Waals surface area (Å²) in [4.78, 5) is 33.7. The second-order valence-corrected chi connectivity index (χ2v) is 5.97. The molecule has 0 aliphatic rings. The number of alkyl halides is 3. The average Bonchev–Trinajstić information content (AvgIpc) is 2.41. The van der Waals surface area contributed by atoms with Crippen LogP contribution in [0.2, 0.25) is 0 Å². The van der Waals surface area contributed by atoms with Crippen molar-refractivity contribution in [3.63, 3.8) is 0 Å². The summed E-state index contributed by atoms with van der Waals surface area (Å²) in [6.45, 7) is 5.33. The van der Waals surface area contributed by atoms with E-state index in [0.29, 0.717) is 6.42 Å². The van der Waals surface area contributed by atoms with Crippen molar-refractivity contribution in [2.24, 2.45) is 0 Å². The second-order valence-electron chi connectivity index (χ2n) is 5.97. The van der Waals surface area contributed by atoms with Crippen molar-refractivity contribution in [1.82, 2.24) is 10.6 Å². The van der Waals surface area contributed by atoms with Crippen molar-refractivity contribution in [3.05, 3.63) is 0 Å². The first-order valence-electron chi connectivity index (χ1n) is 7.29. The summed E-state index contributed by atoms with van der Waals surface area (Å²) in [6, 6.07) is -1.40. The average molecular weight is 356 g/mol. The Balaban J connectivity index is 4.23. The van der Waals surface area contributed by atoms with Crippen molar-refractivity contribution < 1.29 is 37.0 Å². The normalized spacial score (nSPS) is 13.0. The van der Waals surface area contributed by atoms with E-state index in [9.17, 15) is 27.6 Å². The van der Waals surface area contributed by atoms with Gasteiger partial charge in [-0.3, -0.25) is 4.79 Å². The molecule has 0 spiro atoms. The quantitative estimate of drug-likeness (QED) is 0.537. The number of hydrogen-bond acceptors (Lipinski definition) is 5. The molecule has 0 rings (SSSR count). The third-order valence-electron chi connectivity index (χ3n) is 2.64. The van der Waals surface area contributed by atoms with E-state index in [1.807, 2.05) is 0 Å². The van der Waals surface area contributed by atoms with E-state index < -0.39 is 35.8 Å². The molecule has 0 unspecified atom stereocenters. The molecule has 7 nitrogen and oxygen atoms in total. The highest BCUT2D eigenvalue weighted by Crippen LogP contribution is 2.15. The summed E-state index contributed by atoms with van der Waals surface area (Å²) in [5.41, 5.74) is -0.637. The Morgan fingerprint density at radius 2 is 1.67 bits per heavy atom. The number of unbranched alkanes of at least 4 members (excludes halogenated alkanes) is 1. The molecule has 2 N–H and O–H groups in total. The highest BCUT2D eigenvalue weighted by Gasteiger charge is 2.40. The Hall–Kier alpha value is -2.00. The van der Waals surface area contributed by atoms with E-state index >= 15 is 0 Å². The first-order chi connectivity index (χ1) is 10.9. The van der Waals surface area contributed by atoms with Crippen LogP contribution in [0.4, 0.5) is 18.0 Å². The molecule has 0 heterocycles. The third kappa shape index (κ3) is 9.90. The van der Waals surface area contributed by atoms with Crippen molar-refractivity contribution in [3.8, 4) is 0 Å². The predicted octanol–water partition coefficient (Wildman–Crippen LogP) is 1.90.